The number of hydrogen-bond donors (Lipinski definition) is 2. The second-order valence-electron chi connectivity index (χ2n) is 2.81. The van der Waals surface area contributed by atoms with Gasteiger partial charge in [-0.3, -0.25) is 0 Å². The molecule has 1 atom stereocenters. The molecule has 0 saturated carbocycles. The average molecular weight is 169 g/mol. The fourth-order valence-electron chi connectivity index (χ4n) is 0.988. The van der Waals surface area contributed by atoms with Gasteiger partial charge in [-0.1, -0.05) is 0 Å². The fraction of sp³-hybridized carbons (Fsp3) is 0.375. The monoisotopic (exact) mass is 169 g/mol. The maximum absolute atomic E-state index is 10.5. The number of likely N-dealkylation sites (N-methyl/N-ethyl adjacent to an activating group) is 1. The summed E-state index contributed by atoms with van der Waals surface area (Å²) in [5.74, 6) is -1.27. The van der Waals surface area contributed by atoms with E-state index in [4.69, 9.17) is 5.11 Å². The van der Waals surface area contributed by atoms with Gasteiger partial charge >= 0.3 is 5.97 Å². The van der Waals surface area contributed by atoms with Crippen LogP contribution in [0.3, 0.4) is 0 Å². The normalized spacial score (nSPS) is 23.2. The van der Waals surface area contributed by atoms with Gasteiger partial charge < -0.3 is 15.1 Å². The van der Waals surface area contributed by atoms with Crippen LogP contribution in [0.2, 0.25) is 0 Å². The summed E-state index contributed by atoms with van der Waals surface area (Å²) in [6.07, 6.45) is 2.92. The Morgan fingerprint density at radius 1 is 1.67 bits per heavy atom. The lowest BCUT2D eigenvalue weighted by molar-refractivity contribution is -0.132. The van der Waals surface area contributed by atoms with Crippen LogP contribution in [0.4, 0.5) is 0 Å². The van der Waals surface area contributed by atoms with Gasteiger partial charge in [0.05, 0.1) is 0 Å². The standard InChI is InChI=1S/C8H11NO3/c1-5-3-7(10)6(8(11)12)4-9(5)2/h3-5,10H,1-2H3,(H,11,12). The van der Waals surface area contributed by atoms with Crippen LogP contribution in [0.15, 0.2) is 23.6 Å². The van der Waals surface area contributed by atoms with Gasteiger partial charge in [-0.05, 0) is 13.0 Å². The molecular weight excluding hydrogens is 158 g/mol. The summed E-state index contributed by atoms with van der Waals surface area (Å²) in [4.78, 5) is 12.2. The first-order chi connectivity index (χ1) is 5.52. The van der Waals surface area contributed by atoms with Crippen LogP contribution in [0, 0.1) is 0 Å². The maximum Gasteiger partial charge on any atom is 0.340 e. The van der Waals surface area contributed by atoms with Crippen LogP contribution in [-0.4, -0.2) is 34.2 Å². The molecule has 66 valence electrons. The minimum Gasteiger partial charge on any atom is -0.507 e. The van der Waals surface area contributed by atoms with E-state index in [-0.39, 0.29) is 17.4 Å². The summed E-state index contributed by atoms with van der Waals surface area (Å²) in [6.45, 7) is 1.87. The Labute approximate surface area is 70.4 Å². The van der Waals surface area contributed by atoms with Crippen LogP contribution in [0.1, 0.15) is 6.92 Å². The van der Waals surface area contributed by atoms with E-state index in [1.165, 1.54) is 12.3 Å². The minimum absolute atomic E-state index is 0.0353. The number of nitrogens with zero attached hydrogens (tertiary/aromatic N) is 1. The summed E-state index contributed by atoms with van der Waals surface area (Å²) < 4.78 is 0. The van der Waals surface area contributed by atoms with Crippen molar-refractivity contribution in [3.63, 3.8) is 0 Å². The van der Waals surface area contributed by atoms with Gasteiger partial charge in [0.2, 0.25) is 0 Å². The third kappa shape index (κ3) is 1.42. The van der Waals surface area contributed by atoms with Gasteiger partial charge in [-0.2, -0.15) is 0 Å². The average Bonchev–Trinajstić information content (AvgIpc) is 1.96. The molecule has 1 heterocycles. The molecular formula is C8H11NO3. The van der Waals surface area contributed by atoms with Crippen LogP contribution in [-0.2, 0) is 4.79 Å². The first-order valence-electron chi connectivity index (χ1n) is 3.60. The molecule has 0 fully saturated rings. The van der Waals surface area contributed by atoms with E-state index in [0.717, 1.165) is 0 Å². The predicted octanol–water partition coefficient (Wildman–Crippen LogP) is 0.731. The summed E-state index contributed by atoms with van der Waals surface area (Å²) in [5.41, 5.74) is -0.0596. The van der Waals surface area contributed by atoms with Gasteiger partial charge in [0.25, 0.3) is 0 Å². The Morgan fingerprint density at radius 2 is 2.25 bits per heavy atom. The number of carbonyl (C=O) groups is 1. The molecule has 12 heavy (non-hydrogen) atoms. The Balaban J connectivity index is 2.96. The highest BCUT2D eigenvalue weighted by molar-refractivity contribution is 5.91. The van der Waals surface area contributed by atoms with Gasteiger partial charge in [0.15, 0.2) is 0 Å². The quantitative estimate of drug-likeness (QED) is 0.607. The molecule has 0 aromatic heterocycles. The first-order valence-corrected chi connectivity index (χ1v) is 3.60. The molecule has 0 aliphatic carbocycles. The van der Waals surface area contributed by atoms with Crippen LogP contribution < -0.4 is 0 Å². The van der Waals surface area contributed by atoms with Crippen molar-refractivity contribution >= 4 is 5.97 Å². The van der Waals surface area contributed by atoms with Crippen LogP contribution in [0.25, 0.3) is 0 Å². The first kappa shape index (κ1) is 8.64. The van der Waals surface area contributed by atoms with Crippen molar-refractivity contribution in [2.24, 2.45) is 0 Å². The zero-order chi connectivity index (χ0) is 9.30. The van der Waals surface area contributed by atoms with E-state index in [1.54, 1.807) is 11.9 Å². The van der Waals surface area contributed by atoms with E-state index in [9.17, 15) is 9.90 Å². The highest BCUT2D eigenvalue weighted by atomic mass is 16.4. The van der Waals surface area contributed by atoms with E-state index in [1.807, 2.05) is 6.92 Å². The molecule has 1 rings (SSSR count). The van der Waals surface area contributed by atoms with E-state index in [0.29, 0.717) is 0 Å². The van der Waals surface area contributed by atoms with Gasteiger partial charge in [-0.15, -0.1) is 0 Å². The van der Waals surface area contributed by atoms with E-state index < -0.39 is 5.97 Å². The Bertz CT molecular complexity index is 267. The minimum atomic E-state index is -1.11. The van der Waals surface area contributed by atoms with Crippen LogP contribution >= 0.6 is 0 Å². The van der Waals surface area contributed by atoms with Gasteiger partial charge in [-0.25, -0.2) is 4.79 Å². The van der Waals surface area contributed by atoms with Crippen molar-refractivity contribution < 1.29 is 15.0 Å². The highest BCUT2D eigenvalue weighted by Gasteiger charge is 2.20. The van der Waals surface area contributed by atoms with E-state index in [2.05, 4.69) is 0 Å². The Kier molecular flexibility index (Phi) is 2.08. The summed E-state index contributed by atoms with van der Waals surface area (Å²) in [6, 6.07) is 0.0353. The number of aliphatic hydroxyl groups excluding tert-OH is 1. The number of rotatable bonds is 1. The predicted molar refractivity (Wildman–Crippen MR) is 43.7 cm³/mol. The molecule has 2 N–H and O–H groups in total. The third-order valence-corrected chi connectivity index (χ3v) is 1.88. The molecule has 0 saturated heterocycles. The molecule has 0 bridgehead atoms. The molecule has 4 nitrogen and oxygen atoms in total. The number of carboxylic acids is 1. The lowest BCUT2D eigenvalue weighted by Gasteiger charge is -2.25. The molecule has 0 radical (unpaired) electrons. The van der Waals surface area contributed by atoms with Gasteiger partial charge in [0, 0.05) is 19.3 Å². The molecule has 0 aromatic rings. The zero-order valence-corrected chi connectivity index (χ0v) is 6.98. The lowest BCUT2D eigenvalue weighted by atomic mass is 10.1. The molecule has 1 unspecified atom stereocenters. The van der Waals surface area contributed by atoms with Gasteiger partial charge in [0.1, 0.15) is 11.3 Å². The molecule has 0 spiro atoms. The number of aliphatic hydroxyl groups is 1. The van der Waals surface area contributed by atoms with E-state index >= 15 is 0 Å². The smallest absolute Gasteiger partial charge is 0.340 e. The highest BCUT2D eigenvalue weighted by Crippen LogP contribution is 2.17. The zero-order valence-electron chi connectivity index (χ0n) is 6.98. The van der Waals surface area contributed by atoms with Crippen molar-refractivity contribution in [3.05, 3.63) is 23.6 Å². The van der Waals surface area contributed by atoms with Crippen molar-refractivity contribution in [3.8, 4) is 0 Å². The van der Waals surface area contributed by atoms with Crippen molar-refractivity contribution in [1.29, 1.82) is 0 Å². The fourth-order valence-corrected chi connectivity index (χ4v) is 0.988. The molecule has 1 aliphatic heterocycles. The maximum atomic E-state index is 10.5. The Hall–Kier alpha value is -1.45. The number of aliphatic carboxylic acids is 1. The number of hydrogen-bond acceptors (Lipinski definition) is 3. The van der Waals surface area contributed by atoms with Crippen molar-refractivity contribution in [2.45, 2.75) is 13.0 Å². The third-order valence-electron chi connectivity index (χ3n) is 1.88. The SMILES string of the molecule is CC1C=C(O)C(C(=O)O)=CN1C. The van der Waals surface area contributed by atoms with Crippen LogP contribution in [0.5, 0.6) is 0 Å². The molecule has 1 aliphatic rings. The molecule has 4 heteroatoms. The number of carboxylic acid groups (broad SMARTS) is 1. The summed E-state index contributed by atoms with van der Waals surface area (Å²) in [7, 11) is 1.76. The Morgan fingerprint density at radius 3 is 2.75 bits per heavy atom. The second-order valence-corrected chi connectivity index (χ2v) is 2.81. The molecule has 0 amide bonds. The second kappa shape index (κ2) is 2.89. The van der Waals surface area contributed by atoms with Crippen molar-refractivity contribution in [1.82, 2.24) is 4.90 Å². The summed E-state index contributed by atoms with van der Waals surface area (Å²) >= 11 is 0. The lowest BCUT2D eigenvalue weighted by Crippen LogP contribution is -2.27. The largest absolute Gasteiger partial charge is 0.507 e. The topological polar surface area (TPSA) is 60.8 Å². The molecule has 0 aromatic carbocycles. The summed E-state index contributed by atoms with van der Waals surface area (Å²) in [5, 5.41) is 17.8. The van der Waals surface area contributed by atoms with Crippen molar-refractivity contribution in [2.75, 3.05) is 7.05 Å².